The molecule has 2 heteroatoms. The van der Waals surface area contributed by atoms with Crippen molar-refractivity contribution < 1.29 is 9.90 Å². The second-order valence-electron chi connectivity index (χ2n) is 11.7. The minimum atomic E-state index is -0.419. The Morgan fingerprint density at radius 1 is 0.444 bits per heavy atom. The largest absolute Gasteiger partial charge is 0.392 e. The van der Waals surface area contributed by atoms with Gasteiger partial charge in [-0.2, -0.15) is 0 Å². The van der Waals surface area contributed by atoms with Crippen molar-refractivity contribution in [3.05, 3.63) is 0 Å². The van der Waals surface area contributed by atoms with Crippen molar-refractivity contribution in [1.29, 1.82) is 0 Å². The van der Waals surface area contributed by atoms with E-state index in [9.17, 15) is 9.90 Å². The summed E-state index contributed by atoms with van der Waals surface area (Å²) in [4.78, 5) is 12.5. The van der Waals surface area contributed by atoms with Gasteiger partial charge in [0.05, 0.1) is 6.10 Å². The van der Waals surface area contributed by atoms with Gasteiger partial charge in [-0.1, -0.05) is 181 Å². The van der Waals surface area contributed by atoms with Crippen molar-refractivity contribution in [2.24, 2.45) is 5.92 Å². The third kappa shape index (κ3) is 24.0. The van der Waals surface area contributed by atoms with Gasteiger partial charge in [0.25, 0.3) is 0 Å². The smallest absolute Gasteiger partial charge is 0.138 e. The van der Waals surface area contributed by atoms with Crippen LogP contribution in [-0.4, -0.2) is 17.0 Å². The van der Waals surface area contributed by atoms with Crippen LogP contribution in [0, 0.1) is 5.92 Å². The molecule has 0 radical (unpaired) electrons. The van der Waals surface area contributed by atoms with Crippen LogP contribution >= 0.6 is 0 Å². The first kappa shape index (κ1) is 35.6. The fourth-order valence-electron chi connectivity index (χ4n) is 5.61. The maximum atomic E-state index is 12.5. The Morgan fingerprint density at radius 3 is 1.03 bits per heavy atom. The van der Waals surface area contributed by atoms with Crippen molar-refractivity contribution in [1.82, 2.24) is 0 Å². The molecule has 0 aliphatic heterocycles. The number of hydrogen-bond acceptors (Lipinski definition) is 2. The zero-order valence-electron chi connectivity index (χ0n) is 25.3. The van der Waals surface area contributed by atoms with Crippen LogP contribution in [0.3, 0.4) is 0 Å². The van der Waals surface area contributed by atoms with Crippen LogP contribution < -0.4 is 0 Å². The number of unbranched alkanes of at least 4 members (excludes halogenated alkanes) is 23. The second-order valence-corrected chi connectivity index (χ2v) is 11.7. The first-order chi connectivity index (χ1) is 17.7. The van der Waals surface area contributed by atoms with Gasteiger partial charge in [-0.15, -0.1) is 0 Å². The Labute approximate surface area is 228 Å². The summed E-state index contributed by atoms with van der Waals surface area (Å²) in [6, 6.07) is 0. The van der Waals surface area contributed by atoms with Gasteiger partial charge in [0.1, 0.15) is 5.78 Å². The van der Waals surface area contributed by atoms with E-state index in [4.69, 9.17) is 0 Å². The third-order valence-corrected chi connectivity index (χ3v) is 8.20. The van der Waals surface area contributed by atoms with E-state index in [0.717, 1.165) is 25.7 Å². The van der Waals surface area contributed by atoms with Gasteiger partial charge in [0.15, 0.2) is 0 Å². The number of rotatable bonds is 30. The summed E-state index contributed by atoms with van der Waals surface area (Å²) in [5.74, 6) is 0.163. The molecule has 0 aromatic carbocycles. The maximum Gasteiger partial charge on any atom is 0.138 e. The van der Waals surface area contributed by atoms with E-state index in [1.165, 1.54) is 148 Å². The van der Waals surface area contributed by atoms with Gasteiger partial charge in [0.2, 0.25) is 0 Å². The summed E-state index contributed by atoms with van der Waals surface area (Å²) < 4.78 is 0. The van der Waals surface area contributed by atoms with Crippen LogP contribution in [0.25, 0.3) is 0 Å². The van der Waals surface area contributed by atoms with Crippen LogP contribution in [0.4, 0.5) is 0 Å². The molecule has 0 aliphatic carbocycles. The minimum absolute atomic E-state index is 0.115. The Kier molecular flexibility index (Phi) is 28.9. The lowest BCUT2D eigenvalue weighted by Gasteiger charge is -2.21. The molecule has 2 unspecified atom stereocenters. The number of aliphatic hydroxyl groups excluding tert-OH is 1. The van der Waals surface area contributed by atoms with Crippen LogP contribution in [0.15, 0.2) is 0 Å². The van der Waals surface area contributed by atoms with Gasteiger partial charge < -0.3 is 5.11 Å². The minimum Gasteiger partial charge on any atom is -0.392 e. The molecule has 0 aliphatic rings. The average Bonchev–Trinajstić information content (AvgIpc) is 2.89. The van der Waals surface area contributed by atoms with E-state index in [-0.39, 0.29) is 11.7 Å². The first-order valence-electron chi connectivity index (χ1n) is 16.9. The second kappa shape index (κ2) is 29.2. The topological polar surface area (TPSA) is 37.3 Å². The van der Waals surface area contributed by atoms with Gasteiger partial charge in [-0.05, 0) is 12.8 Å². The molecule has 0 heterocycles. The lowest BCUT2D eigenvalue weighted by Crippen LogP contribution is -2.28. The highest BCUT2D eigenvalue weighted by molar-refractivity contribution is 5.81. The summed E-state index contributed by atoms with van der Waals surface area (Å²) >= 11 is 0. The fraction of sp³-hybridized carbons (Fsp3) is 0.971. The highest BCUT2D eigenvalue weighted by Crippen LogP contribution is 2.22. The van der Waals surface area contributed by atoms with Crippen LogP contribution in [0.1, 0.15) is 201 Å². The Morgan fingerprint density at radius 2 is 0.722 bits per heavy atom. The highest BCUT2D eigenvalue weighted by atomic mass is 16.3. The summed E-state index contributed by atoms with van der Waals surface area (Å²) in [5.41, 5.74) is 0. The summed E-state index contributed by atoms with van der Waals surface area (Å²) in [5, 5.41) is 10.7. The molecule has 0 rings (SSSR count). The maximum absolute atomic E-state index is 12.5. The normalized spacial score (nSPS) is 13.2. The van der Waals surface area contributed by atoms with Crippen LogP contribution in [0.2, 0.25) is 0 Å². The Balaban J connectivity index is 3.69. The predicted octanol–water partition coefficient (Wildman–Crippen LogP) is 11.5. The van der Waals surface area contributed by atoms with E-state index in [0.29, 0.717) is 6.42 Å². The van der Waals surface area contributed by atoms with Gasteiger partial charge in [-0.3, -0.25) is 4.79 Å². The molecule has 2 nitrogen and oxygen atoms in total. The van der Waals surface area contributed by atoms with Crippen LogP contribution in [0.5, 0.6) is 0 Å². The summed E-state index contributed by atoms with van der Waals surface area (Å²) in [7, 11) is 0. The molecule has 0 amide bonds. The predicted molar refractivity (Wildman–Crippen MR) is 161 cm³/mol. The van der Waals surface area contributed by atoms with E-state index < -0.39 is 6.10 Å². The highest BCUT2D eigenvalue weighted by Gasteiger charge is 2.24. The average molecular weight is 509 g/mol. The van der Waals surface area contributed by atoms with Crippen molar-refractivity contribution in [3.8, 4) is 0 Å². The SMILES string of the molecule is CCCCCCCCCCCCCCCC(O)C(CCCCCCCCCCCCCC)C(=O)CC. The lowest BCUT2D eigenvalue weighted by molar-refractivity contribution is -0.126. The van der Waals surface area contributed by atoms with Gasteiger partial charge in [0, 0.05) is 12.3 Å². The molecule has 0 saturated heterocycles. The molecular formula is C34H68O2. The molecule has 36 heavy (non-hydrogen) atoms. The number of carbonyl (C=O) groups excluding carboxylic acids is 1. The van der Waals surface area contributed by atoms with E-state index in [1.807, 2.05) is 6.92 Å². The van der Waals surface area contributed by atoms with Crippen molar-refractivity contribution in [2.45, 2.75) is 207 Å². The van der Waals surface area contributed by atoms with E-state index >= 15 is 0 Å². The molecule has 0 aromatic heterocycles. The van der Waals surface area contributed by atoms with Gasteiger partial charge >= 0.3 is 0 Å². The van der Waals surface area contributed by atoms with Crippen molar-refractivity contribution >= 4 is 5.78 Å². The number of hydrogen-bond donors (Lipinski definition) is 1. The molecule has 0 bridgehead atoms. The Bertz CT molecular complexity index is 433. The quantitative estimate of drug-likeness (QED) is 0.0979. The van der Waals surface area contributed by atoms with Crippen molar-refractivity contribution in [2.75, 3.05) is 0 Å². The van der Waals surface area contributed by atoms with Crippen molar-refractivity contribution in [3.63, 3.8) is 0 Å². The molecular weight excluding hydrogens is 440 g/mol. The lowest BCUT2D eigenvalue weighted by atomic mass is 9.87. The first-order valence-corrected chi connectivity index (χ1v) is 16.9. The number of ketones is 1. The van der Waals surface area contributed by atoms with Gasteiger partial charge in [-0.25, -0.2) is 0 Å². The van der Waals surface area contributed by atoms with Crippen LogP contribution in [-0.2, 0) is 4.79 Å². The standard InChI is InChI=1S/C34H68O2/c1-4-7-9-11-13-15-17-19-21-23-25-27-29-31-34(36)32(33(35)6-3)30-28-26-24-22-20-18-16-14-12-10-8-5-2/h32,34,36H,4-31H2,1-3H3. The molecule has 0 spiro atoms. The molecule has 2 atom stereocenters. The summed E-state index contributed by atoms with van der Waals surface area (Å²) in [6.45, 7) is 6.52. The third-order valence-electron chi connectivity index (χ3n) is 8.20. The molecule has 0 aromatic rings. The molecule has 0 fully saturated rings. The van der Waals surface area contributed by atoms with E-state index in [1.54, 1.807) is 0 Å². The zero-order valence-corrected chi connectivity index (χ0v) is 25.3. The monoisotopic (exact) mass is 509 g/mol. The molecule has 0 saturated carbocycles. The molecule has 1 N–H and O–H groups in total. The number of aliphatic hydroxyl groups is 1. The number of Topliss-reactive ketones (excluding diaryl/α,β-unsaturated/α-hetero) is 1. The zero-order chi connectivity index (χ0) is 26.5. The fourth-order valence-corrected chi connectivity index (χ4v) is 5.61. The molecule has 216 valence electrons. The number of carbonyl (C=O) groups is 1. The van der Waals surface area contributed by atoms with E-state index in [2.05, 4.69) is 13.8 Å². The summed E-state index contributed by atoms with van der Waals surface area (Å²) in [6.07, 6.45) is 35.5. The Hall–Kier alpha value is -0.370.